The van der Waals surface area contributed by atoms with E-state index in [2.05, 4.69) is 39.5 Å². The van der Waals surface area contributed by atoms with Gasteiger partial charge in [0, 0.05) is 31.5 Å². The van der Waals surface area contributed by atoms with Crippen LogP contribution in [0, 0.1) is 0 Å². The van der Waals surface area contributed by atoms with Crippen LogP contribution in [0.25, 0.3) is 0 Å². The van der Waals surface area contributed by atoms with Crippen molar-refractivity contribution in [3.05, 3.63) is 53.8 Å². The summed E-state index contributed by atoms with van der Waals surface area (Å²) in [4.78, 5) is 33.5. The molecule has 2 amide bonds. The third kappa shape index (κ3) is 3.84. The van der Waals surface area contributed by atoms with Gasteiger partial charge in [-0.3, -0.25) is 9.59 Å². The molecular weight excluding hydrogens is 364 g/mol. The molecule has 152 valence electrons. The quantitative estimate of drug-likeness (QED) is 0.783. The van der Waals surface area contributed by atoms with Gasteiger partial charge in [0.15, 0.2) is 0 Å². The predicted octanol–water partition coefficient (Wildman–Crippen LogP) is 2.81. The maximum absolute atomic E-state index is 13.0. The smallest absolute Gasteiger partial charge is 0.250 e. The average molecular weight is 393 g/mol. The second kappa shape index (κ2) is 7.85. The summed E-state index contributed by atoms with van der Waals surface area (Å²) >= 11 is 0. The molecule has 4 rings (SSSR count). The Morgan fingerprint density at radius 3 is 3.00 bits per heavy atom. The number of amides is 2. The first-order chi connectivity index (χ1) is 14.0. The number of para-hydroxylation sites is 1. The van der Waals surface area contributed by atoms with Crippen LogP contribution in [0.5, 0.6) is 0 Å². The van der Waals surface area contributed by atoms with Gasteiger partial charge >= 0.3 is 0 Å². The van der Waals surface area contributed by atoms with Crippen LogP contribution in [0.3, 0.4) is 0 Å². The maximum atomic E-state index is 13.0. The lowest BCUT2D eigenvalue weighted by Crippen LogP contribution is -2.60. The van der Waals surface area contributed by atoms with Gasteiger partial charge in [-0.25, -0.2) is 0 Å². The van der Waals surface area contributed by atoms with Crippen molar-refractivity contribution >= 4 is 23.3 Å². The monoisotopic (exact) mass is 392 g/mol. The molecule has 1 N–H and O–H groups in total. The third-order valence-electron chi connectivity index (χ3n) is 5.94. The Kier molecular flexibility index (Phi) is 5.26. The van der Waals surface area contributed by atoms with Gasteiger partial charge < -0.3 is 15.1 Å². The van der Waals surface area contributed by atoms with Gasteiger partial charge in [-0.15, -0.1) is 0 Å². The van der Waals surface area contributed by atoms with Gasteiger partial charge in [0.25, 0.3) is 5.91 Å². The molecule has 29 heavy (non-hydrogen) atoms. The zero-order valence-corrected chi connectivity index (χ0v) is 17.1. The Bertz CT molecular complexity index is 917. The summed E-state index contributed by atoms with van der Waals surface area (Å²) in [6.07, 6.45) is 8.88. The van der Waals surface area contributed by atoms with Crippen molar-refractivity contribution in [2.75, 3.05) is 24.5 Å². The second-order valence-corrected chi connectivity index (χ2v) is 8.22. The van der Waals surface area contributed by atoms with Crippen molar-refractivity contribution in [3.8, 4) is 0 Å². The number of aryl methyl sites for hydroxylation is 1. The molecule has 0 spiro atoms. The molecule has 1 aromatic rings. The Morgan fingerprint density at radius 1 is 1.31 bits per heavy atom. The Morgan fingerprint density at radius 2 is 2.14 bits per heavy atom. The summed E-state index contributed by atoms with van der Waals surface area (Å²) < 4.78 is 0. The molecule has 0 unspecified atom stereocenters. The van der Waals surface area contributed by atoms with Gasteiger partial charge in [0.2, 0.25) is 5.91 Å². The van der Waals surface area contributed by atoms with E-state index in [9.17, 15) is 9.59 Å². The summed E-state index contributed by atoms with van der Waals surface area (Å²) in [5.74, 6) is 0.164. The topological polar surface area (TPSA) is 65.0 Å². The molecule has 0 fully saturated rings. The van der Waals surface area contributed by atoms with Gasteiger partial charge in [0.05, 0.1) is 6.42 Å². The molecule has 1 aromatic carbocycles. The number of rotatable bonds is 5. The van der Waals surface area contributed by atoms with E-state index in [-0.39, 0.29) is 18.2 Å². The molecular formula is C23H28N4O2. The number of carbonyl (C=O) groups is 2. The van der Waals surface area contributed by atoms with Crippen molar-refractivity contribution in [1.82, 2.24) is 10.2 Å². The molecule has 0 radical (unpaired) electrons. The molecule has 0 saturated carbocycles. The number of carbonyl (C=O) groups excluding carboxylic acids is 2. The molecule has 6 heteroatoms. The lowest BCUT2D eigenvalue weighted by Gasteiger charge is -2.42. The number of aliphatic imine (C=N–C) groups is 1. The van der Waals surface area contributed by atoms with Crippen molar-refractivity contribution in [2.24, 2.45) is 4.99 Å². The largest absolute Gasteiger partial charge is 0.371 e. The highest BCUT2D eigenvalue weighted by molar-refractivity contribution is 6.09. The zero-order chi connectivity index (χ0) is 20.4. The van der Waals surface area contributed by atoms with E-state index in [4.69, 9.17) is 0 Å². The van der Waals surface area contributed by atoms with E-state index < -0.39 is 5.54 Å². The van der Waals surface area contributed by atoms with E-state index in [0.29, 0.717) is 12.4 Å². The second-order valence-electron chi connectivity index (χ2n) is 8.22. The van der Waals surface area contributed by atoms with Gasteiger partial charge in [-0.1, -0.05) is 18.2 Å². The fourth-order valence-electron chi connectivity index (χ4n) is 4.34. The molecule has 6 nitrogen and oxygen atoms in total. The molecule has 1 atom stereocenters. The van der Waals surface area contributed by atoms with Crippen LogP contribution in [0.2, 0.25) is 0 Å². The zero-order valence-electron chi connectivity index (χ0n) is 17.1. The first-order valence-corrected chi connectivity index (χ1v) is 10.4. The van der Waals surface area contributed by atoms with Gasteiger partial charge in [-0.2, -0.15) is 4.99 Å². The number of allylic oxidation sites excluding steroid dienone is 2. The minimum Gasteiger partial charge on any atom is -0.371 e. The normalized spacial score (nSPS) is 23.2. The predicted molar refractivity (Wildman–Crippen MR) is 115 cm³/mol. The molecule has 0 saturated heterocycles. The number of hydrogen-bond donors (Lipinski definition) is 1. The number of anilines is 1. The maximum Gasteiger partial charge on any atom is 0.250 e. The fraction of sp³-hybridized carbons (Fsp3) is 0.435. The van der Waals surface area contributed by atoms with Crippen LogP contribution in [0.15, 0.2) is 53.2 Å². The van der Waals surface area contributed by atoms with Gasteiger partial charge in [-0.05, 0) is 62.5 Å². The first kappa shape index (κ1) is 19.4. The molecule has 3 heterocycles. The van der Waals surface area contributed by atoms with E-state index in [0.717, 1.165) is 31.5 Å². The summed E-state index contributed by atoms with van der Waals surface area (Å²) in [6, 6.07) is 8.56. The minimum atomic E-state index is -0.945. The van der Waals surface area contributed by atoms with Crippen molar-refractivity contribution < 1.29 is 9.59 Å². The fourth-order valence-corrected chi connectivity index (χ4v) is 4.34. The lowest BCUT2D eigenvalue weighted by molar-refractivity contribution is -0.134. The number of amidine groups is 1. The molecule has 3 aliphatic heterocycles. The van der Waals surface area contributed by atoms with Crippen LogP contribution in [0.4, 0.5) is 5.69 Å². The van der Waals surface area contributed by atoms with E-state index in [1.165, 1.54) is 17.7 Å². The number of hydrogen-bond acceptors (Lipinski definition) is 4. The molecule has 3 aliphatic rings. The standard InChI is InChI=1S/C23H28N4O2/c1-17-10-14-27-20(15-17)25-21(28)16-23(27,2)22(29)24-11-6-13-26-12-5-8-18-7-3-4-9-19(18)26/h3-4,7,9-10,14-15H,5-6,8,11-13,16H2,1-2H3,(H,24,29)/t23-/m0/s1. The van der Waals surface area contributed by atoms with Crippen LogP contribution in [0.1, 0.15) is 38.7 Å². The number of nitrogens with one attached hydrogen (secondary N) is 1. The van der Waals surface area contributed by atoms with E-state index >= 15 is 0 Å². The minimum absolute atomic E-state index is 0.0824. The summed E-state index contributed by atoms with van der Waals surface area (Å²) in [5.41, 5.74) is 2.79. The Hall–Kier alpha value is -2.89. The third-order valence-corrected chi connectivity index (χ3v) is 5.94. The summed E-state index contributed by atoms with van der Waals surface area (Å²) in [5, 5.41) is 3.05. The number of nitrogens with zero attached hydrogens (tertiary/aromatic N) is 3. The van der Waals surface area contributed by atoms with Crippen molar-refractivity contribution in [1.29, 1.82) is 0 Å². The summed E-state index contributed by atoms with van der Waals surface area (Å²) in [6.45, 7) is 6.31. The van der Waals surface area contributed by atoms with Gasteiger partial charge in [0.1, 0.15) is 11.4 Å². The number of benzene rings is 1. The highest BCUT2D eigenvalue weighted by atomic mass is 16.2. The molecule has 0 aromatic heterocycles. The van der Waals surface area contributed by atoms with Crippen LogP contribution < -0.4 is 10.2 Å². The molecule has 0 bridgehead atoms. The van der Waals surface area contributed by atoms with Crippen molar-refractivity contribution in [2.45, 2.75) is 45.1 Å². The average Bonchev–Trinajstić information content (AvgIpc) is 2.70. The lowest BCUT2D eigenvalue weighted by atomic mass is 9.90. The number of fused-ring (bicyclic) bond motifs is 2. The Labute approximate surface area is 172 Å². The first-order valence-electron chi connectivity index (χ1n) is 10.4. The van der Waals surface area contributed by atoms with Crippen molar-refractivity contribution in [3.63, 3.8) is 0 Å². The SMILES string of the molecule is CC1=CC2=NC(=O)C[C@@](C)(C(=O)NCCCN3CCCc4ccccc43)N2C=C1. The van der Waals surface area contributed by atoms with Crippen LogP contribution in [-0.4, -0.2) is 47.7 Å². The summed E-state index contributed by atoms with van der Waals surface area (Å²) in [7, 11) is 0. The molecule has 0 aliphatic carbocycles. The van der Waals surface area contributed by atoms with E-state index in [1.807, 2.05) is 37.1 Å². The van der Waals surface area contributed by atoms with Crippen LogP contribution >= 0.6 is 0 Å². The van der Waals surface area contributed by atoms with Crippen LogP contribution in [-0.2, 0) is 16.0 Å². The highest BCUT2D eigenvalue weighted by Crippen LogP contribution is 2.29. The van der Waals surface area contributed by atoms with E-state index in [1.54, 1.807) is 0 Å². The Balaban J connectivity index is 1.35. The highest BCUT2D eigenvalue weighted by Gasteiger charge is 2.45.